The molecule has 0 fully saturated rings. The third-order valence-electron chi connectivity index (χ3n) is 6.26. The standard InChI is InChI=1S/C29H32Cl3N3O4S/c1-3-4-16-33-29(37)27(17-21-10-6-5-7-11-21)34(19-22-12-8-9-13-24(22)31)28(36)20-35(40(2,38)39)26-15-14-23(30)18-25(26)32/h5-15,18,27H,3-4,16-17,19-20H2,1-2H3,(H,33,37)/t27-/m1/s1. The number of nitrogens with zero attached hydrogens (tertiary/aromatic N) is 2. The second kappa shape index (κ2) is 14.7. The molecule has 2 amide bonds. The summed E-state index contributed by atoms with van der Waals surface area (Å²) in [4.78, 5) is 29.0. The number of benzene rings is 3. The van der Waals surface area contributed by atoms with Crippen LogP contribution >= 0.6 is 34.8 Å². The number of anilines is 1. The van der Waals surface area contributed by atoms with E-state index < -0.39 is 28.5 Å². The first-order valence-corrected chi connectivity index (χ1v) is 15.8. The summed E-state index contributed by atoms with van der Waals surface area (Å²) in [6.07, 6.45) is 2.87. The lowest BCUT2D eigenvalue weighted by Crippen LogP contribution is -2.53. The molecule has 40 heavy (non-hydrogen) atoms. The molecule has 0 aliphatic carbocycles. The highest BCUT2D eigenvalue weighted by atomic mass is 35.5. The number of rotatable bonds is 13. The number of hydrogen-bond acceptors (Lipinski definition) is 4. The van der Waals surface area contributed by atoms with E-state index in [1.54, 1.807) is 24.3 Å². The molecule has 0 bridgehead atoms. The Morgan fingerprint density at radius 2 is 1.60 bits per heavy atom. The van der Waals surface area contributed by atoms with Crippen molar-refractivity contribution in [3.63, 3.8) is 0 Å². The second-order valence-electron chi connectivity index (χ2n) is 9.33. The molecule has 0 spiro atoms. The first kappa shape index (κ1) is 31.7. The predicted octanol–water partition coefficient (Wildman–Crippen LogP) is 5.97. The minimum atomic E-state index is -3.95. The quantitative estimate of drug-likeness (QED) is 0.238. The lowest BCUT2D eigenvalue weighted by Gasteiger charge is -2.34. The Labute approximate surface area is 251 Å². The Morgan fingerprint density at radius 1 is 0.925 bits per heavy atom. The molecule has 214 valence electrons. The number of unbranched alkanes of at least 4 members (excludes halogenated alkanes) is 1. The summed E-state index contributed by atoms with van der Waals surface area (Å²) < 4.78 is 26.7. The highest BCUT2D eigenvalue weighted by Gasteiger charge is 2.33. The van der Waals surface area contributed by atoms with Crippen molar-refractivity contribution in [1.29, 1.82) is 0 Å². The van der Waals surface area contributed by atoms with E-state index in [0.29, 0.717) is 22.2 Å². The summed E-state index contributed by atoms with van der Waals surface area (Å²) >= 11 is 18.8. The normalized spacial score (nSPS) is 12.0. The van der Waals surface area contributed by atoms with Crippen molar-refractivity contribution >= 4 is 62.3 Å². The fourth-order valence-electron chi connectivity index (χ4n) is 4.15. The van der Waals surface area contributed by atoms with Crippen LogP contribution < -0.4 is 9.62 Å². The van der Waals surface area contributed by atoms with E-state index in [1.165, 1.54) is 23.1 Å². The SMILES string of the molecule is CCCCNC(=O)[C@@H](Cc1ccccc1)N(Cc1ccccc1Cl)C(=O)CN(c1ccc(Cl)cc1Cl)S(C)(=O)=O. The number of halogens is 3. The maximum Gasteiger partial charge on any atom is 0.244 e. The van der Waals surface area contributed by atoms with Gasteiger partial charge < -0.3 is 10.2 Å². The fraction of sp³-hybridized carbons (Fsp3) is 0.310. The molecule has 1 N–H and O–H groups in total. The Balaban J connectivity index is 2.06. The molecule has 11 heteroatoms. The van der Waals surface area contributed by atoms with E-state index in [1.807, 2.05) is 37.3 Å². The van der Waals surface area contributed by atoms with Gasteiger partial charge in [0.15, 0.2) is 0 Å². The van der Waals surface area contributed by atoms with E-state index in [0.717, 1.165) is 29.0 Å². The van der Waals surface area contributed by atoms with Gasteiger partial charge in [0.05, 0.1) is 17.0 Å². The van der Waals surface area contributed by atoms with Gasteiger partial charge in [0, 0.05) is 29.6 Å². The highest BCUT2D eigenvalue weighted by molar-refractivity contribution is 7.92. The number of carbonyl (C=O) groups is 2. The number of sulfonamides is 1. The zero-order valence-corrected chi connectivity index (χ0v) is 25.4. The summed E-state index contributed by atoms with van der Waals surface area (Å²) in [7, 11) is -3.95. The summed E-state index contributed by atoms with van der Waals surface area (Å²) in [5.41, 5.74) is 1.56. The number of amides is 2. The summed E-state index contributed by atoms with van der Waals surface area (Å²) in [6.45, 7) is 1.87. The second-order valence-corrected chi connectivity index (χ2v) is 12.5. The number of nitrogens with one attached hydrogen (secondary N) is 1. The number of carbonyl (C=O) groups excluding carboxylic acids is 2. The monoisotopic (exact) mass is 623 g/mol. The Morgan fingerprint density at radius 3 is 2.23 bits per heavy atom. The maximum absolute atomic E-state index is 14.1. The Hall–Kier alpha value is -2.78. The third kappa shape index (κ3) is 8.86. The summed E-state index contributed by atoms with van der Waals surface area (Å²) in [5.74, 6) is -0.934. The van der Waals surface area contributed by atoms with Gasteiger partial charge in [-0.05, 0) is 41.8 Å². The van der Waals surface area contributed by atoms with Crippen molar-refractivity contribution in [2.45, 2.75) is 38.8 Å². The minimum absolute atomic E-state index is 0.0108. The van der Waals surface area contributed by atoms with E-state index in [9.17, 15) is 18.0 Å². The zero-order valence-electron chi connectivity index (χ0n) is 22.3. The molecule has 0 radical (unpaired) electrons. The van der Waals surface area contributed by atoms with E-state index in [2.05, 4.69) is 5.32 Å². The predicted molar refractivity (Wildman–Crippen MR) is 163 cm³/mol. The van der Waals surface area contributed by atoms with Gasteiger partial charge in [0.2, 0.25) is 21.8 Å². The largest absolute Gasteiger partial charge is 0.354 e. The van der Waals surface area contributed by atoms with Gasteiger partial charge in [-0.1, -0.05) is 96.7 Å². The molecule has 3 rings (SSSR count). The number of hydrogen-bond donors (Lipinski definition) is 1. The van der Waals surface area contributed by atoms with Gasteiger partial charge in [-0.25, -0.2) is 8.42 Å². The van der Waals surface area contributed by atoms with Crippen LogP contribution in [0.1, 0.15) is 30.9 Å². The molecule has 1 atom stereocenters. The lowest BCUT2D eigenvalue weighted by molar-refractivity contribution is -0.140. The average Bonchev–Trinajstić information content (AvgIpc) is 2.90. The van der Waals surface area contributed by atoms with Gasteiger partial charge in [-0.2, -0.15) is 0 Å². The molecule has 0 saturated heterocycles. The van der Waals surface area contributed by atoms with Crippen LogP contribution in [-0.2, 0) is 32.6 Å². The Kier molecular flexibility index (Phi) is 11.7. The average molecular weight is 625 g/mol. The van der Waals surface area contributed by atoms with Gasteiger partial charge in [0.1, 0.15) is 12.6 Å². The molecule has 3 aromatic rings. The van der Waals surface area contributed by atoms with E-state index in [4.69, 9.17) is 34.8 Å². The zero-order chi connectivity index (χ0) is 29.3. The van der Waals surface area contributed by atoms with Gasteiger partial charge in [-0.3, -0.25) is 13.9 Å². The van der Waals surface area contributed by atoms with Gasteiger partial charge >= 0.3 is 0 Å². The first-order valence-electron chi connectivity index (χ1n) is 12.8. The molecule has 7 nitrogen and oxygen atoms in total. The summed E-state index contributed by atoms with van der Waals surface area (Å²) in [6, 6.07) is 19.7. The van der Waals surface area contributed by atoms with Crippen LogP contribution in [-0.4, -0.2) is 50.5 Å². The van der Waals surface area contributed by atoms with E-state index >= 15 is 0 Å². The van der Waals surface area contributed by atoms with Crippen molar-refractivity contribution in [1.82, 2.24) is 10.2 Å². The molecule has 0 aliphatic rings. The van der Waals surface area contributed by atoms with Crippen LogP contribution in [0.4, 0.5) is 5.69 Å². The highest BCUT2D eigenvalue weighted by Crippen LogP contribution is 2.31. The first-order chi connectivity index (χ1) is 19.0. The van der Waals surface area contributed by atoms with Crippen LogP contribution in [0.5, 0.6) is 0 Å². The molecular formula is C29H32Cl3N3O4S. The minimum Gasteiger partial charge on any atom is -0.354 e. The lowest BCUT2D eigenvalue weighted by atomic mass is 10.0. The topological polar surface area (TPSA) is 86.8 Å². The van der Waals surface area contributed by atoms with Crippen LogP contribution in [0.2, 0.25) is 15.1 Å². The molecule has 0 saturated carbocycles. The molecular weight excluding hydrogens is 593 g/mol. The van der Waals surface area contributed by atoms with Crippen LogP contribution in [0, 0.1) is 0 Å². The molecule has 0 aliphatic heterocycles. The van der Waals surface area contributed by atoms with Crippen LogP contribution in [0.25, 0.3) is 0 Å². The summed E-state index contributed by atoms with van der Waals surface area (Å²) in [5, 5.41) is 3.75. The van der Waals surface area contributed by atoms with Crippen LogP contribution in [0.3, 0.4) is 0 Å². The Bertz CT molecular complexity index is 1420. The van der Waals surface area contributed by atoms with E-state index in [-0.39, 0.29) is 29.6 Å². The molecule has 0 heterocycles. The molecule has 0 aromatic heterocycles. The van der Waals surface area contributed by atoms with Crippen molar-refractivity contribution in [2.75, 3.05) is 23.7 Å². The molecule has 3 aromatic carbocycles. The van der Waals surface area contributed by atoms with Crippen molar-refractivity contribution in [3.8, 4) is 0 Å². The van der Waals surface area contributed by atoms with Gasteiger partial charge in [0.25, 0.3) is 0 Å². The van der Waals surface area contributed by atoms with Gasteiger partial charge in [-0.15, -0.1) is 0 Å². The maximum atomic E-state index is 14.1. The van der Waals surface area contributed by atoms with Crippen molar-refractivity contribution < 1.29 is 18.0 Å². The van der Waals surface area contributed by atoms with Crippen molar-refractivity contribution in [2.24, 2.45) is 0 Å². The van der Waals surface area contributed by atoms with Crippen LogP contribution in [0.15, 0.2) is 72.8 Å². The smallest absolute Gasteiger partial charge is 0.244 e. The fourth-order valence-corrected chi connectivity index (χ4v) is 5.77. The third-order valence-corrected chi connectivity index (χ3v) is 8.29. The van der Waals surface area contributed by atoms with Crippen molar-refractivity contribution in [3.05, 3.63) is 99.0 Å². The molecule has 0 unspecified atom stereocenters.